The van der Waals surface area contributed by atoms with Gasteiger partial charge in [-0.25, -0.2) is 9.97 Å². The Balaban J connectivity index is 0.930. The van der Waals surface area contributed by atoms with Crippen molar-refractivity contribution in [1.82, 2.24) is 20.3 Å². The molecule has 9 nitrogen and oxygen atoms in total. The number of hydrogen-bond acceptors (Lipinski definition) is 9. The van der Waals surface area contributed by atoms with Crippen LogP contribution >= 0.6 is 11.8 Å². The number of para-hydroxylation sites is 2. The molecular weight excluding hydrogens is 757 g/mol. The average Bonchev–Trinajstić information content (AvgIpc) is 3.75. The van der Waals surface area contributed by atoms with E-state index < -0.39 is 6.29 Å². The van der Waals surface area contributed by atoms with Gasteiger partial charge in [0.25, 0.3) is 11.1 Å². The molecule has 0 bridgehead atoms. The van der Waals surface area contributed by atoms with Crippen molar-refractivity contribution in [2.75, 3.05) is 5.75 Å². The topological polar surface area (TPSA) is 120 Å². The van der Waals surface area contributed by atoms with E-state index >= 15 is 0 Å². The molecule has 3 atom stereocenters. The molecule has 9 rings (SSSR count). The maximum atomic E-state index is 13.1. The molecule has 1 aliphatic rings. The quantitative estimate of drug-likeness (QED) is 0.116. The van der Waals surface area contributed by atoms with Crippen molar-refractivity contribution >= 4 is 28.7 Å². The summed E-state index contributed by atoms with van der Waals surface area (Å²) in [6, 6.07) is 51.7. The van der Waals surface area contributed by atoms with Crippen LogP contribution < -0.4 is 5.32 Å². The Morgan fingerprint density at radius 3 is 2.14 bits per heavy atom. The largest absolute Gasteiger partial charge is 0.431 e. The van der Waals surface area contributed by atoms with Gasteiger partial charge in [0.2, 0.25) is 0 Å². The zero-order valence-electron chi connectivity index (χ0n) is 32.0. The minimum absolute atomic E-state index is 0.0239. The van der Waals surface area contributed by atoms with Crippen LogP contribution in [0.3, 0.4) is 0 Å². The van der Waals surface area contributed by atoms with Gasteiger partial charge in [-0.15, -0.1) is 0 Å². The molecule has 3 heterocycles. The van der Waals surface area contributed by atoms with Gasteiger partial charge in [-0.3, -0.25) is 9.78 Å². The first-order chi connectivity index (χ1) is 29.1. The van der Waals surface area contributed by atoms with Crippen molar-refractivity contribution in [2.24, 2.45) is 0 Å². The number of nitrogens with one attached hydrogen (secondary N) is 1. The van der Waals surface area contributed by atoms with Crippen LogP contribution in [0.5, 0.6) is 0 Å². The van der Waals surface area contributed by atoms with E-state index in [-0.39, 0.29) is 30.4 Å². The molecule has 0 radical (unpaired) electrons. The van der Waals surface area contributed by atoms with E-state index in [0.717, 1.165) is 61.5 Å². The molecule has 1 saturated heterocycles. The summed E-state index contributed by atoms with van der Waals surface area (Å²) in [5, 5.41) is 13.3. The van der Waals surface area contributed by atoms with E-state index in [1.54, 1.807) is 0 Å². The minimum atomic E-state index is -0.632. The lowest BCUT2D eigenvalue weighted by Gasteiger charge is -2.36. The van der Waals surface area contributed by atoms with Gasteiger partial charge in [0.15, 0.2) is 12.1 Å². The lowest BCUT2D eigenvalue weighted by Crippen LogP contribution is -2.31. The second kappa shape index (κ2) is 17.6. The third kappa shape index (κ3) is 8.72. The lowest BCUT2D eigenvalue weighted by molar-refractivity contribution is -0.245. The smallest absolute Gasteiger partial charge is 0.271 e. The molecule has 10 heteroatoms. The van der Waals surface area contributed by atoms with Crippen LogP contribution in [0.15, 0.2) is 174 Å². The number of carbonyl (C=O) groups is 1. The summed E-state index contributed by atoms with van der Waals surface area (Å²) in [5.41, 5.74) is 10.1. The zero-order valence-corrected chi connectivity index (χ0v) is 32.8. The van der Waals surface area contributed by atoms with E-state index in [1.165, 1.54) is 18.0 Å². The molecule has 292 valence electrons. The first-order valence-corrected chi connectivity index (χ1v) is 20.5. The average molecular weight is 797 g/mol. The summed E-state index contributed by atoms with van der Waals surface area (Å²) in [4.78, 5) is 27.0. The Labute approximate surface area is 346 Å². The summed E-state index contributed by atoms with van der Waals surface area (Å²) >= 11 is 1.53. The lowest BCUT2D eigenvalue weighted by atomic mass is 9.97. The fourth-order valence-electron chi connectivity index (χ4n) is 7.23. The number of ether oxygens (including phenoxy) is 2. The molecule has 2 aromatic heterocycles. The van der Waals surface area contributed by atoms with Crippen LogP contribution in [0.2, 0.25) is 0 Å². The number of carbonyl (C=O) groups excluding carboxylic acids is 1. The molecule has 1 aliphatic heterocycles. The van der Waals surface area contributed by atoms with E-state index in [1.807, 2.05) is 146 Å². The number of hydrogen-bond donors (Lipinski definition) is 2. The number of fused-ring (bicyclic) bond motifs is 1. The van der Waals surface area contributed by atoms with Crippen LogP contribution in [0.4, 0.5) is 0 Å². The molecule has 6 aromatic carbocycles. The van der Waals surface area contributed by atoms with E-state index in [0.29, 0.717) is 29.5 Å². The first kappa shape index (κ1) is 38.1. The monoisotopic (exact) mass is 796 g/mol. The number of oxazole rings is 1. The summed E-state index contributed by atoms with van der Waals surface area (Å²) in [6.07, 6.45) is 1.07. The first-order valence-electron chi connectivity index (χ1n) is 19.5. The third-order valence-corrected chi connectivity index (χ3v) is 11.3. The Morgan fingerprint density at radius 2 is 1.37 bits per heavy atom. The standard InChI is InChI=1S/C49H40N4O5S/c54-30-32-19-21-34(22-20-32)44-27-39(31-59-49-53-45(35-11-3-1-4-12-35)46(58-49)36-13-5-2-6-14-36)56-48(57-44)37-25-23-33(24-26-37)40-16-8-7-15-38(40)28-51-47(55)43-29-50-41-17-9-10-18-42(41)52-43/h1-26,29,39,44,48,54H,27-28,30-31H2,(H,51,55)/t39-,44+,48+/m1/s1. The van der Waals surface area contributed by atoms with Crippen molar-refractivity contribution in [3.05, 3.63) is 192 Å². The zero-order chi connectivity index (χ0) is 40.0. The summed E-state index contributed by atoms with van der Waals surface area (Å²) in [5.74, 6) is 1.04. The second-order valence-corrected chi connectivity index (χ2v) is 15.2. The number of nitrogens with zero attached hydrogens (tertiary/aromatic N) is 3. The van der Waals surface area contributed by atoms with Gasteiger partial charge < -0.3 is 24.3 Å². The molecule has 59 heavy (non-hydrogen) atoms. The second-order valence-electron chi connectivity index (χ2n) is 14.3. The van der Waals surface area contributed by atoms with E-state index in [4.69, 9.17) is 18.9 Å². The van der Waals surface area contributed by atoms with Crippen LogP contribution in [0.1, 0.15) is 51.6 Å². The van der Waals surface area contributed by atoms with Gasteiger partial charge in [0, 0.05) is 35.4 Å². The number of thioether (sulfide) groups is 1. The Morgan fingerprint density at radius 1 is 0.695 bits per heavy atom. The molecule has 1 amide bonds. The molecule has 0 saturated carbocycles. The molecule has 8 aromatic rings. The SMILES string of the molecule is O=C(NCc1ccccc1-c1ccc([C@H]2O[C@@H](CSc3nc(-c4ccccc4)c(-c4ccccc4)o3)C[C@@H](c3ccc(CO)cc3)O2)cc1)c1cnc2ccccc2n1. The summed E-state index contributed by atoms with van der Waals surface area (Å²) < 4.78 is 19.8. The summed E-state index contributed by atoms with van der Waals surface area (Å²) in [6.45, 7) is 0.296. The third-order valence-electron chi connectivity index (χ3n) is 10.3. The highest BCUT2D eigenvalue weighted by molar-refractivity contribution is 7.99. The number of amides is 1. The van der Waals surface area contributed by atoms with Gasteiger partial charge in [-0.1, -0.05) is 157 Å². The van der Waals surface area contributed by atoms with Gasteiger partial charge in [0.05, 0.1) is 36.0 Å². The van der Waals surface area contributed by atoms with Crippen LogP contribution in [0.25, 0.3) is 44.7 Å². The molecule has 2 N–H and O–H groups in total. The van der Waals surface area contributed by atoms with Gasteiger partial charge >= 0.3 is 0 Å². The molecule has 1 fully saturated rings. The number of aliphatic hydroxyl groups excluding tert-OH is 1. The van der Waals surface area contributed by atoms with Crippen molar-refractivity contribution in [3.8, 4) is 33.7 Å². The van der Waals surface area contributed by atoms with E-state index in [9.17, 15) is 9.90 Å². The molecular formula is C49H40N4O5S. The maximum Gasteiger partial charge on any atom is 0.271 e. The van der Waals surface area contributed by atoms with Gasteiger partial charge in [-0.2, -0.15) is 0 Å². The van der Waals surface area contributed by atoms with Crippen molar-refractivity contribution in [3.63, 3.8) is 0 Å². The normalized spacial score (nSPS) is 16.5. The number of aromatic nitrogens is 3. The van der Waals surface area contributed by atoms with E-state index in [2.05, 4.69) is 27.4 Å². The Hall–Kier alpha value is -6.43. The van der Waals surface area contributed by atoms with Crippen LogP contribution in [-0.4, -0.2) is 37.8 Å². The number of rotatable bonds is 12. The number of aliphatic hydroxyl groups is 1. The number of benzene rings is 6. The Kier molecular flexibility index (Phi) is 11.4. The molecule has 0 aliphatic carbocycles. The van der Waals surface area contributed by atoms with Gasteiger partial charge in [0.1, 0.15) is 11.4 Å². The fraction of sp³-hybridized carbons (Fsp3) is 0.143. The predicted molar refractivity (Wildman–Crippen MR) is 229 cm³/mol. The maximum absolute atomic E-state index is 13.1. The fourth-order valence-corrected chi connectivity index (χ4v) is 8.08. The predicted octanol–water partition coefficient (Wildman–Crippen LogP) is 10.4. The minimum Gasteiger partial charge on any atom is -0.431 e. The van der Waals surface area contributed by atoms with Crippen molar-refractivity contribution in [2.45, 2.75) is 43.3 Å². The van der Waals surface area contributed by atoms with Crippen molar-refractivity contribution < 1.29 is 23.8 Å². The highest BCUT2D eigenvalue weighted by Gasteiger charge is 2.33. The van der Waals surface area contributed by atoms with Gasteiger partial charge in [-0.05, 0) is 39.9 Å². The van der Waals surface area contributed by atoms with Crippen LogP contribution in [0, 0.1) is 0 Å². The highest BCUT2D eigenvalue weighted by Crippen LogP contribution is 2.41. The molecule has 0 unspecified atom stereocenters. The highest BCUT2D eigenvalue weighted by atomic mass is 32.2. The van der Waals surface area contributed by atoms with Crippen LogP contribution in [-0.2, 0) is 22.6 Å². The molecule has 0 spiro atoms. The summed E-state index contributed by atoms with van der Waals surface area (Å²) in [7, 11) is 0. The Bertz CT molecular complexity index is 2620. The van der Waals surface area contributed by atoms with Crippen molar-refractivity contribution in [1.29, 1.82) is 0 Å².